The molecule has 5 heteroatoms. The van der Waals surface area contributed by atoms with Gasteiger partial charge in [-0.2, -0.15) is 0 Å². The van der Waals surface area contributed by atoms with E-state index in [2.05, 4.69) is 23.0 Å². The molecule has 23 heavy (non-hydrogen) atoms. The lowest BCUT2D eigenvalue weighted by atomic mass is 10.0. The number of anilines is 1. The van der Waals surface area contributed by atoms with Crippen molar-refractivity contribution < 1.29 is 9.53 Å². The molecule has 0 saturated carbocycles. The van der Waals surface area contributed by atoms with E-state index in [0.717, 1.165) is 24.3 Å². The molecule has 1 amide bonds. The van der Waals surface area contributed by atoms with Crippen molar-refractivity contribution in [1.29, 1.82) is 0 Å². The van der Waals surface area contributed by atoms with Crippen molar-refractivity contribution in [3.05, 3.63) is 23.9 Å². The molecule has 1 fully saturated rings. The summed E-state index contributed by atoms with van der Waals surface area (Å²) in [6, 6.07) is 4.31. The van der Waals surface area contributed by atoms with Gasteiger partial charge in [-0.25, -0.2) is 9.78 Å². The van der Waals surface area contributed by atoms with Crippen LogP contribution in [0.15, 0.2) is 18.3 Å². The number of carbonyl (C=O) groups is 1. The van der Waals surface area contributed by atoms with Crippen LogP contribution in [-0.2, 0) is 4.74 Å². The number of amides is 1. The Balaban J connectivity index is 2.38. The van der Waals surface area contributed by atoms with Crippen LogP contribution in [0.5, 0.6) is 0 Å². The highest BCUT2D eigenvalue weighted by atomic mass is 16.6. The lowest BCUT2D eigenvalue weighted by Gasteiger charge is -2.32. The first kappa shape index (κ1) is 17.7. The van der Waals surface area contributed by atoms with E-state index in [1.54, 1.807) is 11.1 Å². The second-order valence-corrected chi connectivity index (χ2v) is 7.50. The second kappa shape index (κ2) is 6.87. The third-order valence-corrected chi connectivity index (χ3v) is 4.03. The fourth-order valence-corrected chi connectivity index (χ4v) is 3.03. The first-order chi connectivity index (χ1) is 10.7. The third-order valence-electron chi connectivity index (χ3n) is 4.03. The highest BCUT2D eigenvalue weighted by molar-refractivity contribution is 5.88. The lowest BCUT2D eigenvalue weighted by molar-refractivity contribution is 0.0568. The molecule has 0 N–H and O–H groups in total. The Morgan fingerprint density at radius 2 is 2.13 bits per heavy atom. The average molecular weight is 319 g/mol. The number of nitrogens with zero attached hydrogens (tertiary/aromatic N) is 3. The van der Waals surface area contributed by atoms with Crippen molar-refractivity contribution in [2.24, 2.45) is 0 Å². The molecule has 0 aliphatic carbocycles. The standard InChI is InChI=1S/C18H29N3O2/c1-13(2)21(17(22)23-18(3,4)5)16-14(9-7-11-19-16)15-10-8-12-20(15)6/h7,9,11,13,15H,8,10,12H2,1-6H3/t15-/m1/s1. The summed E-state index contributed by atoms with van der Waals surface area (Å²) in [5.74, 6) is 0.718. The van der Waals surface area contributed by atoms with Crippen LogP contribution >= 0.6 is 0 Å². The maximum absolute atomic E-state index is 12.7. The predicted octanol–water partition coefficient (Wildman–Crippen LogP) is 4.00. The zero-order chi connectivity index (χ0) is 17.2. The van der Waals surface area contributed by atoms with Gasteiger partial charge >= 0.3 is 6.09 Å². The van der Waals surface area contributed by atoms with E-state index in [-0.39, 0.29) is 12.1 Å². The zero-order valence-electron chi connectivity index (χ0n) is 15.2. The molecule has 1 aliphatic heterocycles. The highest BCUT2D eigenvalue weighted by Gasteiger charge is 2.32. The molecule has 1 aromatic rings. The summed E-state index contributed by atoms with van der Waals surface area (Å²) in [5, 5.41) is 0. The maximum atomic E-state index is 12.7. The summed E-state index contributed by atoms with van der Waals surface area (Å²) in [5.41, 5.74) is 0.579. The van der Waals surface area contributed by atoms with Crippen LogP contribution in [-0.4, -0.2) is 41.2 Å². The number of rotatable bonds is 3. The van der Waals surface area contributed by atoms with Crippen molar-refractivity contribution in [2.75, 3.05) is 18.5 Å². The average Bonchev–Trinajstić information content (AvgIpc) is 2.83. The normalized spacial score (nSPS) is 19.2. The second-order valence-electron chi connectivity index (χ2n) is 7.50. The van der Waals surface area contributed by atoms with Gasteiger partial charge in [0.05, 0.1) is 0 Å². The van der Waals surface area contributed by atoms with E-state index in [1.807, 2.05) is 40.7 Å². The quantitative estimate of drug-likeness (QED) is 0.845. The lowest BCUT2D eigenvalue weighted by Crippen LogP contribution is -2.42. The number of carbonyl (C=O) groups excluding carboxylic acids is 1. The van der Waals surface area contributed by atoms with Crippen molar-refractivity contribution in [1.82, 2.24) is 9.88 Å². The monoisotopic (exact) mass is 319 g/mol. The summed E-state index contributed by atoms with van der Waals surface area (Å²) in [6.45, 7) is 10.7. The third kappa shape index (κ3) is 4.22. The largest absolute Gasteiger partial charge is 0.443 e. The summed E-state index contributed by atoms with van der Waals surface area (Å²) >= 11 is 0. The van der Waals surface area contributed by atoms with E-state index < -0.39 is 5.60 Å². The first-order valence-corrected chi connectivity index (χ1v) is 8.38. The van der Waals surface area contributed by atoms with Crippen LogP contribution in [0, 0.1) is 0 Å². The minimum absolute atomic E-state index is 0.0230. The molecule has 1 saturated heterocycles. The summed E-state index contributed by atoms with van der Waals surface area (Å²) < 4.78 is 5.59. The Morgan fingerprint density at radius 3 is 2.65 bits per heavy atom. The van der Waals surface area contributed by atoms with Gasteiger partial charge in [-0.1, -0.05) is 6.07 Å². The van der Waals surface area contributed by atoms with Crippen LogP contribution in [0.3, 0.4) is 0 Å². The number of likely N-dealkylation sites (tertiary alicyclic amines) is 1. The van der Waals surface area contributed by atoms with E-state index in [0.29, 0.717) is 6.04 Å². The number of pyridine rings is 1. The van der Waals surface area contributed by atoms with Gasteiger partial charge in [0.15, 0.2) is 0 Å². The number of aromatic nitrogens is 1. The Kier molecular flexibility index (Phi) is 5.30. The van der Waals surface area contributed by atoms with Crippen LogP contribution < -0.4 is 4.90 Å². The number of ether oxygens (including phenoxy) is 1. The molecule has 0 unspecified atom stereocenters. The zero-order valence-corrected chi connectivity index (χ0v) is 15.2. The van der Waals surface area contributed by atoms with Gasteiger partial charge in [0, 0.05) is 23.8 Å². The number of hydrogen-bond acceptors (Lipinski definition) is 4. The van der Waals surface area contributed by atoms with Gasteiger partial charge < -0.3 is 4.74 Å². The minimum Gasteiger partial charge on any atom is -0.443 e. The Morgan fingerprint density at radius 1 is 1.43 bits per heavy atom. The Labute approximate surface area is 139 Å². The van der Waals surface area contributed by atoms with Gasteiger partial charge in [0.1, 0.15) is 11.4 Å². The molecule has 0 aromatic carbocycles. The Hall–Kier alpha value is -1.62. The van der Waals surface area contributed by atoms with Crippen molar-refractivity contribution in [3.8, 4) is 0 Å². The van der Waals surface area contributed by atoms with Crippen LogP contribution in [0.4, 0.5) is 10.6 Å². The smallest absolute Gasteiger partial charge is 0.416 e. The van der Waals surface area contributed by atoms with Gasteiger partial charge in [0.2, 0.25) is 0 Å². The molecule has 5 nitrogen and oxygen atoms in total. The van der Waals surface area contributed by atoms with E-state index in [9.17, 15) is 4.79 Å². The molecule has 1 aromatic heterocycles. The molecule has 0 bridgehead atoms. The first-order valence-electron chi connectivity index (χ1n) is 8.38. The molecular formula is C18H29N3O2. The van der Waals surface area contributed by atoms with E-state index >= 15 is 0 Å². The van der Waals surface area contributed by atoms with Crippen LogP contribution in [0.1, 0.15) is 59.1 Å². The van der Waals surface area contributed by atoms with Crippen molar-refractivity contribution in [3.63, 3.8) is 0 Å². The maximum Gasteiger partial charge on any atom is 0.416 e. The minimum atomic E-state index is -0.524. The Bertz CT molecular complexity index is 551. The molecule has 0 spiro atoms. The fraction of sp³-hybridized carbons (Fsp3) is 0.667. The van der Waals surface area contributed by atoms with Crippen LogP contribution in [0.25, 0.3) is 0 Å². The highest BCUT2D eigenvalue weighted by Crippen LogP contribution is 2.36. The molecule has 0 radical (unpaired) electrons. The topological polar surface area (TPSA) is 45.7 Å². The van der Waals surface area contributed by atoms with E-state index in [4.69, 9.17) is 4.74 Å². The molecule has 1 aliphatic rings. The number of hydrogen-bond donors (Lipinski definition) is 0. The summed E-state index contributed by atoms with van der Waals surface area (Å²) in [6.07, 6.45) is 3.67. The van der Waals surface area contributed by atoms with Crippen molar-refractivity contribution in [2.45, 2.75) is 65.1 Å². The van der Waals surface area contributed by atoms with Gasteiger partial charge in [-0.05, 0) is 67.1 Å². The molecule has 128 valence electrons. The summed E-state index contributed by atoms with van der Waals surface area (Å²) in [7, 11) is 2.13. The van der Waals surface area contributed by atoms with Crippen molar-refractivity contribution >= 4 is 11.9 Å². The summed E-state index contributed by atoms with van der Waals surface area (Å²) in [4.78, 5) is 21.2. The molecule has 2 rings (SSSR count). The fourth-order valence-electron chi connectivity index (χ4n) is 3.03. The van der Waals surface area contributed by atoms with Gasteiger partial charge in [-0.3, -0.25) is 9.80 Å². The van der Waals surface area contributed by atoms with Gasteiger partial charge in [0.25, 0.3) is 0 Å². The molecular weight excluding hydrogens is 290 g/mol. The predicted molar refractivity (Wildman–Crippen MR) is 92.7 cm³/mol. The SMILES string of the molecule is CC(C)N(C(=O)OC(C)(C)C)c1ncccc1[C@H]1CCCN1C. The van der Waals surface area contributed by atoms with E-state index in [1.165, 1.54) is 6.42 Å². The van der Waals surface area contributed by atoms with Crippen LogP contribution in [0.2, 0.25) is 0 Å². The van der Waals surface area contributed by atoms with Gasteiger partial charge in [-0.15, -0.1) is 0 Å². The molecule has 1 atom stereocenters. The molecule has 2 heterocycles.